The average molecular weight is 370 g/mol. The lowest BCUT2D eigenvalue weighted by Crippen LogP contribution is -2.26. The second kappa shape index (κ2) is 12.0. The van der Waals surface area contributed by atoms with Crippen molar-refractivity contribution in [3.63, 3.8) is 0 Å². The van der Waals surface area contributed by atoms with Crippen LogP contribution in [0.15, 0.2) is 36.0 Å². The Bertz CT molecular complexity index is 652. The van der Waals surface area contributed by atoms with Gasteiger partial charge in [-0.25, -0.2) is 0 Å². The van der Waals surface area contributed by atoms with E-state index in [1.54, 1.807) is 18.3 Å². The molecule has 0 aliphatic heterocycles. The molecular formula is C22H31N3O2. The molecule has 0 heterocycles. The van der Waals surface area contributed by atoms with E-state index in [2.05, 4.69) is 10.6 Å². The molecule has 1 saturated carbocycles. The normalized spacial score (nSPS) is 17.8. The average Bonchev–Trinajstić information content (AvgIpc) is 2.64. The van der Waals surface area contributed by atoms with Crippen LogP contribution in [-0.2, 0) is 4.79 Å². The number of nitrogens with one attached hydrogen (secondary N) is 2. The highest BCUT2D eigenvalue weighted by molar-refractivity contribution is 6.06. The molecule has 0 spiro atoms. The zero-order valence-corrected chi connectivity index (χ0v) is 16.0. The molecule has 27 heavy (non-hydrogen) atoms. The van der Waals surface area contributed by atoms with Crippen LogP contribution in [0.1, 0.15) is 70.6 Å². The molecule has 0 aromatic heterocycles. The summed E-state index contributed by atoms with van der Waals surface area (Å²) in [4.78, 5) is 12.3. The van der Waals surface area contributed by atoms with Gasteiger partial charge in [0.2, 0.25) is 0 Å². The fraction of sp³-hybridized carbons (Fsp3) is 0.545. The van der Waals surface area contributed by atoms with Gasteiger partial charge >= 0.3 is 0 Å². The number of hydrogen-bond acceptors (Lipinski definition) is 4. The number of hydrogen-bond donors (Lipinski definition) is 3. The molecule has 5 heteroatoms. The predicted octanol–water partition coefficient (Wildman–Crippen LogP) is 5.00. The van der Waals surface area contributed by atoms with Crippen LogP contribution in [0.2, 0.25) is 0 Å². The van der Waals surface area contributed by atoms with Crippen LogP contribution < -0.4 is 10.6 Å². The fourth-order valence-electron chi connectivity index (χ4n) is 3.46. The van der Waals surface area contributed by atoms with Crippen LogP contribution in [-0.4, -0.2) is 17.1 Å². The van der Waals surface area contributed by atoms with E-state index in [0.717, 1.165) is 12.8 Å². The molecule has 1 fully saturated rings. The standard InChI is InChI=1S/C22H31N3O2/c23-16-18(22(27)25-20-13-10-14-21(26)15-20)17-24-19-11-8-6-4-2-1-3-5-7-9-12-19/h10,13-15,17,19,24,26H,1-9,11-12H2,(H,25,27)/b18-17-. The van der Waals surface area contributed by atoms with E-state index in [4.69, 9.17) is 0 Å². The number of phenolic OH excluding ortho intramolecular Hbond substituents is 1. The number of nitrogens with zero attached hydrogens (tertiary/aromatic N) is 1. The Morgan fingerprint density at radius 2 is 1.63 bits per heavy atom. The Hall–Kier alpha value is -2.48. The van der Waals surface area contributed by atoms with E-state index in [9.17, 15) is 15.2 Å². The summed E-state index contributed by atoms with van der Waals surface area (Å²) < 4.78 is 0. The molecule has 0 saturated heterocycles. The highest BCUT2D eigenvalue weighted by Crippen LogP contribution is 2.18. The Morgan fingerprint density at radius 1 is 1.04 bits per heavy atom. The quantitative estimate of drug-likeness (QED) is 0.515. The van der Waals surface area contributed by atoms with Crippen LogP contribution in [0.5, 0.6) is 5.75 Å². The van der Waals surface area contributed by atoms with Crippen molar-refractivity contribution < 1.29 is 9.90 Å². The second-order valence-corrected chi connectivity index (χ2v) is 7.30. The van der Waals surface area contributed by atoms with Gasteiger partial charge in [0.1, 0.15) is 17.4 Å². The molecule has 2 rings (SSSR count). The minimum Gasteiger partial charge on any atom is -0.508 e. The van der Waals surface area contributed by atoms with E-state index < -0.39 is 5.91 Å². The smallest absolute Gasteiger partial charge is 0.267 e. The summed E-state index contributed by atoms with van der Waals surface area (Å²) in [5.41, 5.74) is 0.511. The minimum absolute atomic E-state index is 0.0458. The zero-order valence-electron chi connectivity index (χ0n) is 16.0. The number of phenols is 1. The van der Waals surface area contributed by atoms with Crippen molar-refractivity contribution in [3.8, 4) is 11.8 Å². The first-order valence-electron chi connectivity index (χ1n) is 10.2. The van der Waals surface area contributed by atoms with Crippen molar-refractivity contribution in [1.82, 2.24) is 5.32 Å². The third-order valence-electron chi connectivity index (χ3n) is 5.04. The Labute approximate surface area is 162 Å². The molecule has 146 valence electrons. The Balaban J connectivity index is 1.91. The molecule has 0 unspecified atom stereocenters. The molecule has 1 aromatic carbocycles. The first-order valence-corrected chi connectivity index (χ1v) is 10.2. The van der Waals surface area contributed by atoms with Crippen molar-refractivity contribution in [2.45, 2.75) is 76.7 Å². The number of carbonyl (C=O) groups excluding carboxylic acids is 1. The van der Waals surface area contributed by atoms with Crippen LogP contribution in [0.25, 0.3) is 0 Å². The maximum Gasteiger partial charge on any atom is 0.267 e. The number of benzene rings is 1. The monoisotopic (exact) mass is 369 g/mol. The molecule has 0 atom stereocenters. The second-order valence-electron chi connectivity index (χ2n) is 7.30. The van der Waals surface area contributed by atoms with Crippen LogP contribution in [0.3, 0.4) is 0 Å². The molecule has 5 nitrogen and oxygen atoms in total. The lowest BCUT2D eigenvalue weighted by molar-refractivity contribution is -0.112. The predicted molar refractivity (Wildman–Crippen MR) is 108 cm³/mol. The molecule has 1 aliphatic carbocycles. The van der Waals surface area contributed by atoms with Gasteiger partial charge in [0.15, 0.2) is 0 Å². The van der Waals surface area contributed by atoms with E-state index in [1.165, 1.54) is 69.9 Å². The zero-order chi connectivity index (χ0) is 19.3. The highest BCUT2D eigenvalue weighted by atomic mass is 16.3. The molecule has 1 aliphatic rings. The molecule has 3 N–H and O–H groups in total. The summed E-state index contributed by atoms with van der Waals surface area (Å²) >= 11 is 0. The maximum atomic E-state index is 12.3. The van der Waals surface area contributed by atoms with Crippen molar-refractivity contribution in [1.29, 1.82) is 5.26 Å². The fourth-order valence-corrected chi connectivity index (χ4v) is 3.46. The van der Waals surface area contributed by atoms with Crippen LogP contribution in [0, 0.1) is 11.3 Å². The summed E-state index contributed by atoms with van der Waals surface area (Å²) in [5, 5.41) is 24.8. The lowest BCUT2D eigenvalue weighted by atomic mass is 9.98. The number of rotatable bonds is 4. The Morgan fingerprint density at radius 3 is 2.19 bits per heavy atom. The topological polar surface area (TPSA) is 85.2 Å². The van der Waals surface area contributed by atoms with Crippen LogP contribution >= 0.6 is 0 Å². The number of nitriles is 1. The van der Waals surface area contributed by atoms with Gasteiger partial charge < -0.3 is 15.7 Å². The van der Waals surface area contributed by atoms with Gasteiger partial charge in [-0.3, -0.25) is 4.79 Å². The van der Waals surface area contributed by atoms with Gasteiger partial charge in [0, 0.05) is 24.0 Å². The third-order valence-corrected chi connectivity index (χ3v) is 5.04. The number of amides is 1. The van der Waals surface area contributed by atoms with Gasteiger partial charge in [-0.15, -0.1) is 0 Å². The maximum absolute atomic E-state index is 12.3. The van der Waals surface area contributed by atoms with Crippen molar-refractivity contribution >= 4 is 11.6 Å². The van der Waals surface area contributed by atoms with Gasteiger partial charge in [0.05, 0.1) is 0 Å². The number of anilines is 1. The van der Waals surface area contributed by atoms with E-state index in [0.29, 0.717) is 11.7 Å². The summed E-state index contributed by atoms with van der Waals surface area (Å²) in [7, 11) is 0. The molecule has 1 aromatic rings. The molecule has 0 bridgehead atoms. The van der Waals surface area contributed by atoms with Gasteiger partial charge in [-0.1, -0.05) is 63.9 Å². The highest BCUT2D eigenvalue weighted by Gasteiger charge is 2.12. The lowest BCUT2D eigenvalue weighted by Gasteiger charge is -2.18. The van der Waals surface area contributed by atoms with Gasteiger partial charge in [0.25, 0.3) is 5.91 Å². The first-order chi connectivity index (χ1) is 13.2. The largest absolute Gasteiger partial charge is 0.508 e. The minimum atomic E-state index is -0.469. The third kappa shape index (κ3) is 8.17. The summed E-state index contributed by atoms with van der Waals surface area (Å²) in [5.74, 6) is -0.398. The van der Waals surface area contributed by atoms with Crippen molar-refractivity contribution in [2.24, 2.45) is 0 Å². The summed E-state index contributed by atoms with van der Waals surface area (Å²) in [6.07, 6.45) is 15.2. The SMILES string of the molecule is N#C/C(=C/NC1CCCCCCCCCCC1)C(=O)Nc1cccc(O)c1. The molecule has 1 amide bonds. The first kappa shape index (κ1) is 20.8. The molecular weight excluding hydrogens is 338 g/mol. The van der Waals surface area contributed by atoms with Crippen molar-refractivity contribution in [3.05, 3.63) is 36.0 Å². The summed E-state index contributed by atoms with van der Waals surface area (Å²) in [6.45, 7) is 0. The van der Waals surface area contributed by atoms with Crippen molar-refractivity contribution in [2.75, 3.05) is 5.32 Å². The Kier molecular flexibility index (Phi) is 9.26. The van der Waals surface area contributed by atoms with E-state index in [-0.39, 0.29) is 11.3 Å². The number of carbonyl (C=O) groups is 1. The van der Waals surface area contributed by atoms with Gasteiger partial charge in [-0.05, 0) is 25.0 Å². The van der Waals surface area contributed by atoms with Crippen LogP contribution in [0.4, 0.5) is 5.69 Å². The van der Waals surface area contributed by atoms with E-state index >= 15 is 0 Å². The van der Waals surface area contributed by atoms with Gasteiger partial charge in [-0.2, -0.15) is 5.26 Å². The van der Waals surface area contributed by atoms with E-state index in [1.807, 2.05) is 6.07 Å². The summed E-state index contributed by atoms with van der Waals surface area (Å²) in [6, 6.07) is 8.57. The number of aromatic hydroxyl groups is 1. The molecule has 0 radical (unpaired) electrons.